The standard InChI is InChI=1S/C23H26N2/c1-2-22-21-11-7-6-10-20(21)16-23(24-22)19-12-14-25(15-13-19)17-18-8-4-3-5-9-18/h3-11,16,19H,2,12-15,17H2,1H3. The van der Waals surface area contributed by atoms with E-state index < -0.39 is 0 Å². The van der Waals surface area contributed by atoms with Gasteiger partial charge in [-0.05, 0) is 49.4 Å². The Kier molecular flexibility index (Phi) is 4.80. The smallest absolute Gasteiger partial charge is 0.0482 e. The van der Waals surface area contributed by atoms with Gasteiger partial charge in [0.15, 0.2) is 0 Å². The summed E-state index contributed by atoms with van der Waals surface area (Å²) in [5, 5.41) is 2.66. The van der Waals surface area contributed by atoms with E-state index in [1.807, 2.05) is 0 Å². The molecule has 1 aliphatic heterocycles. The Balaban J connectivity index is 1.48. The summed E-state index contributed by atoms with van der Waals surface area (Å²) >= 11 is 0. The van der Waals surface area contributed by atoms with Crippen molar-refractivity contribution >= 4 is 10.8 Å². The monoisotopic (exact) mass is 330 g/mol. The lowest BCUT2D eigenvalue weighted by Crippen LogP contribution is -2.32. The SMILES string of the molecule is CCc1nc(C2CCN(Cc3ccccc3)CC2)cc2ccccc12. The molecule has 0 bridgehead atoms. The van der Waals surface area contributed by atoms with Crippen molar-refractivity contribution in [1.82, 2.24) is 9.88 Å². The zero-order chi connectivity index (χ0) is 17.1. The zero-order valence-electron chi connectivity index (χ0n) is 15.0. The first-order valence-electron chi connectivity index (χ1n) is 9.48. The van der Waals surface area contributed by atoms with E-state index >= 15 is 0 Å². The summed E-state index contributed by atoms with van der Waals surface area (Å²) in [6.45, 7) is 5.60. The van der Waals surface area contributed by atoms with Crippen LogP contribution in [-0.2, 0) is 13.0 Å². The Hall–Kier alpha value is -2.19. The largest absolute Gasteiger partial charge is 0.299 e. The van der Waals surface area contributed by atoms with Crippen molar-refractivity contribution in [1.29, 1.82) is 0 Å². The van der Waals surface area contributed by atoms with Gasteiger partial charge in [-0.3, -0.25) is 9.88 Å². The van der Waals surface area contributed by atoms with Crippen LogP contribution in [0.3, 0.4) is 0 Å². The fourth-order valence-electron chi connectivity index (χ4n) is 4.00. The van der Waals surface area contributed by atoms with E-state index in [1.54, 1.807) is 0 Å². The molecule has 0 radical (unpaired) electrons. The van der Waals surface area contributed by atoms with Gasteiger partial charge < -0.3 is 0 Å². The number of aryl methyl sites for hydroxylation is 1. The van der Waals surface area contributed by atoms with Crippen LogP contribution in [-0.4, -0.2) is 23.0 Å². The van der Waals surface area contributed by atoms with Crippen LogP contribution in [0.15, 0.2) is 60.7 Å². The van der Waals surface area contributed by atoms with Gasteiger partial charge in [-0.2, -0.15) is 0 Å². The molecule has 1 aromatic heterocycles. The molecule has 2 aromatic carbocycles. The molecule has 1 fully saturated rings. The summed E-state index contributed by atoms with van der Waals surface area (Å²) < 4.78 is 0. The summed E-state index contributed by atoms with van der Waals surface area (Å²) in [7, 11) is 0. The molecule has 1 aliphatic rings. The van der Waals surface area contributed by atoms with Crippen LogP contribution in [0, 0.1) is 0 Å². The molecule has 4 rings (SSSR count). The van der Waals surface area contributed by atoms with E-state index in [2.05, 4.69) is 72.5 Å². The van der Waals surface area contributed by atoms with E-state index in [0.29, 0.717) is 5.92 Å². The van der Waals surface area contributed by atoms with Crippen LogP contribution in [0.5, 0.6) is 0 Å². The summed E-state index contributed by atoms with van der Waals surface area (Å²) in [5.41, 5.74) is 3.97. The number of pyridine rings is 1. The van der Waals surface area contributed by atoms with Gasteiger partial charge in [0.25, 0.3) is 0 Å². The fraction of sp³-hybridized carbons (Fsp3) is 0.348. The quantitative estimate of drug-likeness (QED) is 0.655. The first-order valence-corrected chi connectivity index (χ1v) is 9.48. The Bertz CT molecular complexity index is 833. The predicted octanol–water partition coefficient (Wildman–Crippen LogP) is 5.18. The average Bonchev–Trinajstić information content (AvgIpc) is 2.68. The molecular formula is C23H26N2. The molecule has 0 unspecified atom stereocenters. The van der Waals surface area contributed by atoms with Gasteiger partial charge in [0.1, 0.15) is 0 Å². The molecule has 0 saturated carbocycles. The third-order valence-electron chi connectivity index (χ3n) is 5.43. The Labute approximate surface area is 150 Å². The average molecular weight is 330 g/mol. The van der Waals surface area contributed by atoms with Crippen molar-refractivity contribution < 1.29 is 0 Å². The van der Waals surface area contributed by atoms with Gasteiger partial charge >= 0.3 is 0 Å². The Morgan fingerprint density at radius 2 is 1.68 bits per heavy atom. The van der Waals surface area contributed by atoms with Crippen LogP contribution in [0.25, 0.3) is 10.8 Å². The lowest BCUT2D eigenvalue weighted by molar-refractivity contribution is 0.203. The molecule has 2 nitrogen and oxygen atoms in total. The number of hydrogen-bond donors (Lipinski definition) is 0. The van der Waals surface area contributed by atoms with Gasteiger partial charge in [-0.25, -0.2) is 0 Å². The van der Waals surface area contributed by atoms with E-state index in [9.17, 15) is 0 Å². The van der Waals surface area contributed by atoms with Gasteiger partial charge in [0.05, 0.1) is 0 Å². The molecule has 0 amide bonds. The van der Waals surface area contributed by atoms with Crippen molar-refractivity contribution in [2.45, 2.75) is 38.6 Å². The first-order chi connectivity index (χ1) is 12.3. The molecule has 25 heavy (non-hydrogen) atoms. The second-order valence-electron chi connectivity index (χ2n) is 7.10. The zero-order valence-corrected chi connectivity index (χ0v) is 15.0. The molecule has 0 spiro atoms. The number of fused-ring (bicyclic) bond motifs is 1. The van der Waals surface area contributed by atoms with Crippen LogP contribution in [0.2, 0.25) is 0 Å². The number of nitrogens with zero attached hydrogens (tertiary/aromatic N) is 2. The van der Waals surface area contributed by atoms with Gasteiger partial charge in [-0.1, -0.05) is 61.5 Å². The maximum atomic E-state index is 5.03. The highest BCUT2D eigenvalue weighted by molar-refractivity contribution is 5.85. The summed E-state index contributed by atoms with van der Waals surface area (Å²) in [5.74, 6) is 0.599. The highest BCUT2D eigenvalue weighted by Crippen LogP contribution is 2.30. The Morgan fingerprint density at radius 1 is 0.960 bits per heavy atom. The molecule has 2 heteroatoms. The van der Waals surface area contributed by atoms with Crippen molar-refractivity contribution in [2.75, 3.05) is 13.1 Å². The van der Waals surface area contributed by atoms with E-state index in [4.69, 9.17) is 4.98 Å². The second kappa shape index (κ2) is 7.37. The summed E-state index contributed by atoms with van der Waals surface area (Å²) in [6, 6.07) is 21.8. The molecular weight excluding hydrogens is 304 g/mol. The topological polar surface area (TPSA) is 16.1 Å². The minimum atomic E-state index is 0.599. The number of aromatic nitrogens is 1. The second-order valence-corrected chi connectivity index (χ2v) is 7.10. The van der Waals surface area contributed by atoms with Gasteiger partial charge in [-0.15, -0.1) is 0 Å². The predicted molar refractivity (Wildman–Crippen MR) is 105 cm³/mol. The number of benzene rings is 2. The molecule has 0 N–H and O–H groups in total. The minimum absolute atomic E-state index is 0.599. The minimum Gasteiger partial charge on any atom is -0.299 e. The number of likely N-dealkylation sites (tertiary alicyclic amines) is 1. The van der Waals surface area contributed by atoms with Crippen LogP contribution in [0.1, 0.15) is 42.6 Å². The lowest BCUT2D eigenvalue weighted by Gasteiger charge is -2.32. The highest BCUT2D eigenvalue weighted by Gasteiger charge is 2.22. The van der Waals surface area contributed by atoms with Gasteiger partial charge in [0.2, 0.25) is 0 Å². The van der Waals surface area contributed by atoms with E-state index in [0.717, 1.165) is 26.1 Å². The summed E-state index contributed by atoms with van der Waals surface area (Å²) in [4.78, 5) is 7.61. The van der Waals surface area contributed by atoms with Crippen LogP contribution in [0.4, 0.5) is 0 Å². The number of hydrogen-bond acceptors (Lipinski definition) is 2. The molecule has 1 saturated heterocycles. The number of piperidine rings is 1. The highest BCUT2D eigenvalue weighted by atomic mass is 15.1. The van der Waals surface area contributed by atoms with Crippen molar-refractivity contribution in [2.24, 2.45) is 0 Å². The third-order valence-corrected chi connectivity index (χ3v) is 5.43. The lowest BCUT2D eigenvalue weighted by atomic mass is 9.91. The molecule has 0 aliphatic carbocycles. The maximum absolute atomic E-state index is 5.03. The van der Waals surface area contributed by atoms with Crippen LogP contribution < -0.4 is 0 Å². The maximum Gasteiger partial charge on any atom is 0.0482 e. The van der Waals surface area contributed by atoms with Gasteiger partial charge in [0, 0.05) is 29.2 Å². The van der Waals surface area contributed by atoms with Crippen molar-refractivity contribution in [3.05, 3.63) is 77.6 Å². The molecule has 3 aromatic rings. The van der Waals surface area contributed by atoms with Crippen molar-refractivity contribution in [3.63, 3.8) is 0 Å². The molecule has 2 heterocycles. The fourth-order valence-corrected chi connectivity index (χ4v) is 4.00. The molecule has 0 atom stereocenters. The third kappa shape index (κ3) is 3.59. The van der Waals surface area contributed by atoms with Crippen LogP contribution >= 0.6 is 0 Å². The first kappa shape index (κ1) is 16.3. The Morgan fingerprint density at radius 3 is 2.44 bits per heavy atom. The molecule has 128 valence electrons. The number of rotatable bonds is 4. The normalized spacial score (nSPS) is 16.4. The van der Waals surface area contributed by atoms with E-state index in [1.165, 1.54) is 40.6 Å². The van der Waals surface area contributed by atoms with E-state index in [-0.39, 0.29) is 0 Å². The summed E-state index contributed by atoms with van der Waals surface area (Å²) in [6.07, 6.45) is 3.42. The van der Waals surface area contributed by atoms with Crippen molar-refractivity contribution in [3.8, 4) is 0 Å².